The molecule has 1 aromatic heterocycles. The van der Waals surface area contributed by atoms with E-state index in [1.165, 1.54) is 17.1 Å². The van der Waals surface area contributed by atoms with Crippen LogP contribution in [0.3, 0.4) is 0 Å². The monoisotopic (exact) mass is 358 g/mol. The average molecular weight is 358 g/mol. The van der Waals surface area contributed by atoms with Gasteiger partial charge in [0.05, 0.1) is 25.3 Å². The Kier molecular flexibility index (Phi) is 4.24. The maximum atomic E-state index is 13.5. The van der Waals surface area contributed by atoms with Crippen molar-refractivity contribution in [2.75, 3.05) is 13.1 Å². The van der Waals surface area contributed by atoms with Gasteiger partial charge in [0, 0.05) is 24.9 Å². The van der Waals surface area contributed by atoms with Gasteiger partial charge in [0.1, 0.15) is 23.5 Å². The van der Waals surface area contributed by atoms with Crippen molar-refractivity contribution >= 4 is 12.2 Å². The molecule has 1 aromatic carbocycles. The molecule has 0 unspecified atom stereocenters. The quantitative estimate of drug-likeness (QED) is 0.848. The van der Waals surface area contributed by atoms with Crippen LogP contribution in [-0.4, -0.2) is 46.3 Å². The highest BCUT2D eigenvalue weighted by Crippen LogP contribution is 2.31. The summed E-state index contributed by atoms with van der Waals surface area (Å²) in [6, 6.07) is 6.03. The Morgan fingerprint density at radius 3 is 2.65 bits per heavy atom. The number of pyridine rings is 1. The van der Waals surface area contributed by atoms with E-state index in [4.69, 9.17) is 4.74 Å². The number of carbonyl (C=O) groups excluding carboxylic acids is 1. The highest BCUT2D eigenvalue weighted by atomic mass is 19.1. The summed E-state index contributed by atoms with van der Waals surface area (Å²) in [5, 5.41) is 5.36. The van der Waals surface area contributed by atoms with E-state index in [-0.39, 0.29) is 12.1 Å². The van der Waals surface area contributed by atoms with Crippen LogP contribution in [0, 0.1) is 11.6 Å². The number of hydrogen-bond acceptors (Lipinski definition) is 4. The Hall–Kier alpha value is -3.03. The van der Waals surface area contributed by atoms with E-state index in [0.29, 0.717) is 30.8 Å². The van der Waals surface area contributed by atoms with Crippen LogP contribution in [0.25, 0.3) is 0 Å². The smallest absolute Gasteiger partial charge is 0.341 e. The number of hydrazone groups is 1. The highest BCUT2D eigenvalue weighted by molar-refractivity contribution is 5.79. The first-order valence-electron chi connectivity index (χ1n) is 8.23. The summed E-state index contributed by atoms with van der Waals surface area (Å²) in [6.07, 6.45) is 5.15. The minimum atomic E-state index is -0.673. The normalized spacial score (nSPS) is 19.5. The number of carbonyl (C=O) groups is 1. The fourth-order valence-corrected chi connectivity index (χ4v) is 3.07. The maximum Gasteiger partial charge on any atom is 0.341 e. The lowest BCUT2D eigenvalue weighted by Gasteiger charge is -2.40. The molecule has 6 nitrogen and oxygen atoms in total. The van der Waals surface area contributed by atoms with Crippen molar-refractivity contribution in [2.24, 2.45) is 5.10 Å². The number of nitrogens with zero attached hydrogens (tertiary/aromatic N) is 4. The first-order valence-corrected chi connectivity index (χ1v) is 8.23. The molecule has 4 rings (SSSR count). The third-order valence-electron chi connectivity index (χ3n) is 4.35. The lowest BCUT2D eigenvalue weighted by molar-refractivity contribution is 0.0275. The van der Waals surface area contributed by atoms with Gasteiger partial charge in [-0.3, -0.25) is 4.98 Å². The van der Waals surface area contributed by atoms with Gasteiger partial charge in [0.2, 0.25) is 0 Å². The number of aromatic nitrogens is 1. The maximum absolute atomic E-state index is 13.5. The summed E-state index contributed by atoms with van der Waals surface area (Å²) in [7, 11) is 0. The van der Waals surface area contributed by atoms with Gasteiger partial charge < -0.3 is 9.64 Å². The standard InChI is InChI=1S/C18H16F2N4O2/c19-13-6-12(7-14(20)8-13)17-3-5-22-24(17)18(25)23-10-16(11-23)26-15-2-1-4-21-9-15/h1-2,4-9,16-17H,3,10-11H2/t17-/m0/s1. The number of ether oxygens (including phenoxy) is 1. The van der Waals surface area contributed by atoms with Crippen molar-refractivity contribution in [2.45, 2.75) is 18.6 Å². The molecule has 0 spiro atoms. The zero-order chi connectivity index (χ0) is 18.1. The zero-order valence-corrected chi connectivity index (χ0v) is 13.8. The summed E-state index contributed by atoms with van der Waals surface area (Å²) < 4.78 is 32.7. The Balaban J connectivity index is 1.39. The number of amides is 2. The average Bonchev–Trinajstić information content (AvgIpc) is 3.07. The minimum Gasteiger partial charge on any atom is -0.485 e. The van der Waals surface area contributed by atoms with E-state index in [1.807, 2.05) is 0 Å². The van der Waals surface area contributed by atoms with Crippen LogP contribution in [0.4, 0.5) is 13.6 Å². The SMILES string of the molecule is O=C(N1CC(Oc2cccnc2)C1)N1N=CC[C@H]1c1cc(F)cc(F)c1. The second kappa shape index (κ2) is 6.70. The first-order chi connectivity index (χ1) is 12.6. The van der Waals surface area contributed by atoms with Crippen LogP contribution < -0.4 is 4.74 Å². The Morgan fingerprint density at radius 1 is 1.19 bits per heavy atom. The van der Waals surface area contributed by atoms with E-state index >= 15 is 0 Å². The first kappa shape index (κ1) is 16.4. The second-order valence-electron chi connectivity index (χ2n) is 6.21. The number of rotatable bonds is 3. The van der Waals surface area contributed by atoms with E-state index in [9.17, 15) is 13.6 Å². The Labute approximate surface area is 148 Å². The summed E-state index contributed by atoms with van der Waals surface area (Å²) in [5.41, 5.74) is 0.386. The molecule has 1 fully saturated rings. The van der Waals surface area contributed by atoms with Crippen LogP contribution in [0.1, 0.15) is 18.0 Å². The predicted molar refractivity (Wildman–Crippen MR) is 89.7 cm³/mol. The largest absolute Gasteiger partial charge is 0.485 e. The fourth-order valence-electron chi connectivity index (χ4n) is 3.07. The summed E-state index contributed by atoms with van der Waals surface area (Å²) in [6.45, 7) is 0.841. The van der Waals surface area contributed by atoms with Crippen molar-refractivity contribution in [3.8, 4) is 5.75 Å². The van der Waals surface area contributed by atoms with Crippen LogP contribution >= 0.6 is 0 Å². The van der Waals surface area contributed by atoms with Crippen LogP contribution in [0.2, 0.25) is 0 Å². The van der Waals surface area contributed by atoms with Gasteiger partial charge in [-0.15, -0.1) is 0 Å². The van der Waals surface area contributed by atoms with Gasteiger partial charge in [-0.25, -0.2) is 18.6 Å². The molecule has 2 aliphatic heterocycles. The summed E-state index contributed by atoms with van der Waals surface area (Å²) in [5.74, 6) is -0.696. The van der Waals surface area contributed by atoms with Gasteiger partial charge in [0.25, 0.3) is 0 Å². The molecule has 1 atom stereocenters. The Bertz CT molecular complexity index is 820. The van der Waals surface area contributed by atoms with E-state index < -0.39 is 17.7 Å². The van der Waals surface area contributed by atoms with Gasteiger partial charge in [-0.2, -0.15) is 5.10 Å². The molecule has 26 heavy (non-hydrogen) atoms. The van der Waals surface area contributed by atoms with Crippen molar-refractivity contribution in [3.63, 3.8) is 0 Å². The molecule has 0 N–H and O–H groups in total. The molecular formula is C18H16F2N4O2. The lowest BCUT2D eigenvalue weighted by atomic mass is 10.0. The van der Waals surface area contributed by atoms with Crippen LogP contribution in [-0.2, 0) is 0 Å². The van der Waals surface area contributed by atoms with Gasteiger partial charge in [-0.1, -0.05) is 0 Å². The molecule has 2 amide bonds. The molecule has 3 heterocycles. The van der Waals surface area contributed by atoms with Gasteiger partial charge in [0.15, 0.2) is 0 Å². The molecular weight excluding hydrogens is 342 g/mol. The van der Waals surface area contributed by atoms with Crippen LogP contribution in [0.15, 0.2) is 47.8 Å². The van der Waals surface area contributed by atoms with Crippen molar-refractivity contribution in [3.05, 3.63) is 59.9 Å². The summed E-state index contributed by atoms with van der Waals surface area (Å²) >= 11 is 0. The third-order valence-corrected chi connectivity index (χ3v) is 4.35. The zero-order valence-electron chi connectivity index (χ0n) is 13.8. The molecule has 0 bridgehead atoms. The summed E-state index contributed by atoms with van der Waals surface area (Å²) in [4.78, 5) is 18.2. The molecule has 0 aliphatic carbocycles. The molecule has 134 valence electrons. The van der Waals surface area contributed by atoms with Crippen molar-refractivity contribution in [1.29, 1.82) is 0 Å². The topological polar surface area (TPSA) is 58.0 Å². The van der Waals surface area contributed by atoms with Gasteiger partial charge >= 0.3 is 6.03 Å². The van der Waals surface area contributed by atoms with Crippen molar-refractivity contribution < 1.29 is 18.3 Å². The number of urea groups is 1. The Morgan fingerprint density at radius 2 is 1.96 bits per heavy atom. The fraction of sp³-hybridized carbons (Fsp3) is 0.278. The molecule has 0 radical (unpaired) electrons. The van der Waals surface area contributed by atoms with Crippen molar-refractivity contribution in [1.82, 2.24) is 14.9 Å². The molecule has 2 aliphatic rings. The van der Waals surface area contributed by atoms with E-state index in [0.717, 1.165) is 6.07 Å². The molecule has 0 saturated carbocycles. The molecule has 1 saturated heterocycles. The number of hydrogen-bond donors (Lipinski definition) is 0. The van der Waals surface area contributed by atoms with Crippen LogP contribution in [0.5, 0.6) is 5.75 Å². The lowest BCUT2D eigenvalue weighted by Crippen LogP contribution is -2.58. The number of halogens is 2. The molecule has 8 heteroatoms. The second-order valence-corrected chi connectivity index (χ2v) is 6.21. The number of benzene rings is 1. The number of likely N-dealkylation sites (tertiary alicyclic amines) is 1. The third kappa shape index (κ3) is 3.22. The van der Waals surface area contributed by atoms with E-state index in [2.05, 4.69) is 10.1 Å². The highest BCUT2D eigenvalue weighted by Gasteiger charge is 2.39. The predicted octanol–water partition coefficient (Wildman–Crippen LogP) is 2.98. The van der Waals surface area contributed by atoms with Gasteiger partial charge in [-0.05, 0) is 29.8 Å². The molecule has 2 aromatic rings. The minimum absolute atomic E-state index is 0.111. The van der Waals surface area contributed by atoms with E-state index in [1.54, 1.807) is 35.6 Å².